The van der Waals surface area contributed by atoms with E-state index in [1.807, 2.05) is 24.3 Å². The van der Waals surface area contributed by atoms with Gasteiger partial charge in [0.25, 0.3) is 0 Å². The van der Waals surface area contributed by atoms with E-state index in [4.69, 9.17) is 9.47 Å². The highest BCUT2D eigenvalue weighted by Gasteiger charge is 2.22. The van der Waals surface area contributed by atoms with Crippen LogP contribution >= 0.6 is 0 Å². The lowest BCUT2D eigenvalue weighted by Gasteiger charge is -2.23. The van der Waals surface area contributed by atoms with Gasteiger partial charge in [-0.1, -0.05) is 6.07 Å². The van der Waals surface area contributed by atoms with E-state index in [1.165, 1.54) is 5.56 Å². The number of hydrogen-bond donors (Lipinski definition) is 1. The van der Waals surface area contributed by atoms with E-state index < -0.39 is 0 Å². The van der Waals surface area contributed by atoms with Crippen molar-refractivity contribution in [2.24, 2.45) is 0 Å². The number of aromatic nitrogens is 1. The molecule has 1 fully saturated rings. The number of pyridine rings is 1. The average molecular weight is 327 g/mol. The second-order valence-corrected chi connectivity index (χ2v) is 6.23. The number of aliphatic hydroxyl groups is 1. The van der Waals surface area contributed by atoms with Gasteiger partial charge < -0.3 is 19.5 Å². The average Bonchev–Trinajstić information content (AvgIpc) is 2.98. The maximum Gasteiger partial charge on any atom is 0.231 e. The molecule has 0 amide bonds. The summed E-state index contributed by atoms with van der Waals surface area (Å²) in [6.45, 7) is 4.16. The van der Waals surface area contributed by atoms with Crippen molar-refractivity contribution in [3.05, 3.63) is 48.3 Å². The number of anilines is 1. The molecular weight excluding hydrogens is 306 g/mol. The third-order valence-electron chi connectivity index (χ3n) is 4.46. The van der Waals surface area contributed by atoms with Gasteiger partial charge in [0, 0.05) is 50.8 Å². The first kappa shape index (κ1) is 15.2. The molecule has 0 bridgehead atoms. The molecule has 6 heteroatoms. The molecule has 2 aliphatic rings. The lowest BCUT2D eigenvalue weighted by Crippen LogP contribution is -2.33. The van der Waals surface area contributed by atoms with E-state index in [-0.39, 0.29) is 6.10 Å². The summed E-state index contributed by atoms with van der Waals surface area (Å²) < 4.78 is 10.8. The number of fused-ring (bicyclic) bond motifs is 1. The van der Waals surface area contributed by atoms with Crippen LogP contribution in [0.25, 0.3) is 0 Å². The van der Waals surface area contributed by atoms with E-state index in [2.05, 4.69) is 20.9 Å². The number of hydrogen-bond acceptors (Lipinski definition) is 6. The molecule has 0 aliphatic carbocycles. The van der Waals surface area contributed by atoms with Crippen molar-refractivity contribution in [2.75, 3.05) is 37.9 Å². The summed E-state index contributed by atoms with van der Waals surface area (Å²) in [5.74, 6) is 1.61. The second-order valence-electron chi connectivity index (χ2n) is 6.23. The van der Waals surface area contributed by atoms with Gasteiger partial charge in [0.2, 0.25) is 6.79 Å². The van der Waals surface area contributed by atoms with Crippen LogP contribution in [-0.4, -0.2) is 54.1 Å². The normalized spacial score (nSPS) is 20.9. The summed E-state index contributed by atoms with van der Waals surface area (Å²) in [5, 5.41) is 10.4. The highest BCUT2D eigenvalue weighted by atomic mass is 16.7. The van der Waals surface area contributed by atoms with Crippen molar-refractivity contribution >= 4 is 5.69 Å². The summed E-state index contributed by atoms with van der Waals surface area (Å²) >= 11 is 0. The number of nitrogens with zero attached hydrogens (tertiary/aromatic N) is 3. The highest BCUT2D eigenvalue weighted by Crippen LogP contribution is 2.32. The van der Waals surface area contributed by atoms with E-state index in [0.717, 1.165) is 36.8 Å². The van der Waals surface area contributed by atoms with Gasteiger partial charge in [-0.15, -0.1) is 0 Å². The summed E-state index contributed by atoms with van der Waals surface area (Å²) in [6.07, 6.45) is 3.20. The maximum absolute atomic E-state index is 10.4. The highest BCUT2D eigenvalue weighted by molar-refractivity contribution is 5.45. The molecule has 3 heterocycles. The van der Waals surface area contributed by atoms with Gasteiger partial charge in [-0.3, -0.25) is 9.88 Å². The summed E-state index contributed by atoms with van der Waals surface area (Å²) in [6, 6.07) is 10.0. The van der Waals surface area contributed by atoms with E-state index >= 15 is 0 Å². The number of ether oxygens (including phenoxy) is 2. The zero-order chi connectivity index (χ0) is 16.4. The molecule has 0 saturated carbocycles. The van der Waals surface area contributed by atoms with Crippen molar-refractivity contribution in [3.8, 4) is 11.5 Å². The van der Waals surface area contributed by atoms with Crippen molar-refractivity contribution in [2.45, 2.75) is 12.6 Å². The molecule has 2 aromatic rings. The predicted molar refractivity (Wildman–Crippen MR) is 90.3 cm³/mol. The maximum atomic E-state index is 10.4. The minimum Gasteiger partial charge on any atom is -0.454 e. The largest absolute Gasteiger partial charge is 0.454 e. The van der Waals surface area contributed by atoms with Crippen LogP contribution in [0.2, 0.25) is 0 Å². The molecule has 0 spiro atoms. The molecule has 1 aromatic carbocycles. The summed E-state index contributed by atoms with van der Waals surface area (Å²) in [7, 11) is 0. The Labute approximate surface area is 141 Å². The molecule has 2 aliphatic heterocycles. The van der Waals surface area contributed by atoms with Gasteiger partial charge in [-0.25, -0.2) is 0 Å². The Morgan fingerprint density at radius 3 is 2.75 bits per heavy atom. The van der Waals surface area contributed by atoms with Crippen LogP contribution < -0.4 is 14.4 Å². The number of benzene rings is 1. The first-order chi connectivity index (χ1) is 11.8. The zero-order valence-corrected chi connectivity index (χ0v) is 13.5. The van der Waals surface area contributed by atoms with Gasteiger partial charge >= 0.3 is 0 Å². The predicted octanol–water partition coefficient (Wildman–Crippen LogP) is 1.49. The lowest BCUT2D eigenvalue weighted by atomic mass is 10.2. The summed E-state index contributed by atoms with van der Waals surface area (Å²) in [5.41, 5.74) is 2.28. The molecule has 0 radical (unpaired) electrons. The van der Waals surface area contributed by atoms with Gasteiger partial charge in [0.15, 0.2) is 11.5 Å². The monoisotopic (exact) mass is 327 g/mol. The van der Waals surface area contributed by atoms with Crippen LogP contribution in [-0.2, 0) is 6.54 Å². The summed E-state index contributed by atoms with van der Waals surface area (Å²) in [4.78, 5) is 8.56. The molecule has 1 saturated heterocycles. The Bertz CT molecular complexity index is 695. The number of aliphatic hydroxyl groups excluding tert-OH is 1. The fraction of sp³-hybridized carbons (Fsp3) is 0.389. The van der Waals surface area contributed by atoms with Crippen molar-refractivity contribution in [1.82, 2.24) is 9.88 Å². The van der Waals surface area contributed by atoms with Gasteiger partial charge in [0.05, 0.1) is 6.10 Å². The smallest absolute Gasteiger partial charge is 0.231 e. The standard InChI is InChI=1S/C18H21N3O3/c22-16-11-20(7-8-21(12-16)15-3-5-19-6-4-15)10-14-1-2-17-18(9-14)24-13-23-17/h1-6,9,16,22H,7-8,10-13H2/t16-/m0/s1. The Hall–Kier alpha value is -2.31. The van der Waals surface area contributed by atoms with E-state index in [1.54, 1.807) is 12.4 Å². The SMILES string of the molecule is O[C@H]1CN(Cc2ccc3c(c2)OCO3)CCN(c2ccncc2)C1. The quantitative estimate of drug-likeness (QED) is 0.922. The molecule has 1 atom stereocenters. The molecule has 1 aromatic heterocycles. The van der Waals surface area contributed by atoms with Crippen LogP contribution in [0.3, 0.4) is 0 Å². The fourth-order valence-electron chi connectivity index (χ4n) is 3.29. The number of rotatable bonds is 3. The molecule has 24 heavy (non-hydrogen) atoms. The Morgan fingerprint density at radius 1 is 1.04 bits per heavy atom. The Kier molecular flexibility index (Phi) is 4.23. The van der Waals surface area contributed by atoms with Gasteiger partial charge in [0.1, 0.15) is 0 Å². The van der Waals surface area contributed by atoms with Crippen molar-refractivity contribution in [3.63, 3.8) is 0 Å². The molecular formula is C18H21N3O3. The first-order valence-electron chi connectivity index (χ1n) is 8.22. The van der Waals surface area contributed by atoms with E-state index in [9.17, 15) is 5.11 Å². The van der Waals surface area contributed by atoms with Crippen LogP contribution in [0.1, 0.15) is 5.56 Å². The topological polar surface area (TPSA) is 58.1 Å². The van der Waals surface area contributed by atoms with Gasteiger partial charge in [-0.05, 0) is 29.8 Å². The molecule has 126 valence electrons. The second kappa shape index (κ2) is 6.67. The van der Waals surface area contributed by atoms with E-state index in [0.29, 0.717) is 19.9 Å². The fourth-order valence-corrected chi connectivity index (χ4v) is 3.29. The Balaban J connectivity index is 1.43. The van der Waals surface area contributed by atoms with Crippen molar-refractivity contribution in [1.29, 1.82) is 0 Å². The van der Waals surface area contributed by atoms with Crippen LogP contribution in [0.15, 0.2) is 42.7 Å². The van der Waals surface area contributed by atoms with Gasteiger partial charge in [-0.2, -0.15) is 0 Å². The van der Waals surface area contributed by atoms with Crippen LogP contribution in [0.4, 0.5) is 5.69 Å². The third-order valence-corrected chi connectivity index (χ3v) is 4.46. The van der Waals surface area contributed by atoms with Crippen LogP contribution in [0, 0.1) is 0 Å². The molecule has 4 rings (SSSR count). The minimum absolute atomic E-state index is 0.294. The number of β-amino-alcohol motifs (C(OH)–C–C–N with tert-alkyl or cyclic N) is 1. The molecule has 6 nitrogen and oxygen atoms in total. The first-order valence-corrected chi connectivity index (χ1v) is 8.22. The zero-order valence-electron chi connectivity index (χ0n) is 13.5. The third kappa shape index (κ3) is 3.29. The molecule has 0 unspecified atom stereocenters. The van der Waals surface area contributed by atoms with Crippen LogP contribution in [0.5, 0.6) is 11.5 Å². The molecule has 1 N–H and O–H groups in total. The minimum atomic E-state index is -0.380. The lowest BCUT2D eigenvalue weighted by molar-refractivity contribution is 0.129. The Morgan fingerprint density at radius 2 is 1.88 bits per heavy atom. The van der Waals surface area contributed by atoms with Crippen molar-refractivity contribution < 1.29 is 14.6 Å².